The van der Waals surface area contributed by atoms with E-state index in [2.05, 4.69) is 16.0 Å². The zero-order valence-electron chi connectivity index (χ0n) is 11.9. The molecule has 76 valence electrons. The summed E-state index contributed by atoms with van der Waals surface area (Å²) in [6.45, 7) is 6.96. The summed E-state index contributed by atoms with van der Waals surface area (Å²) in [5.74, 6) is 0. The van der Waals surface area contributed by atoms with Crippen LogP contribution < -0.4 is 75.1 Å². The molecule has 14 heavy (non-hydrogen) atoms. The van der Waals surface area contributed by atoms with Crippen LogP contribution in [0.1, 0.15) is 22.1 Å². The van der Waals surface area contributed by atoms with Crippen LogP contribution in [0.5, 0.6) is 0 Å². The maximum absolute atomic E-state index is 3.42. The van der Waals surface area contributed by atoms with Crippen LogP contribution in [0.15, 0.2) is 0 Å². The Balaban J connectivity index is -0.000000180. The Bertz CT molecular complexity index is 69.7. The van der Waals surface area contributed by atoms with Crippen LogP contribution in [0.2, 0.25) is 0 Å². The molecule has 0 amide bonds. The van der Waals surface area contributed by atoms with E-state index in [4.69, 9.17) is 0 Å². The first-order valence-corrected chi connectivity index (χ1v) is 5.12. The molecule has 1 aliphatic heterocycles. The van der Waals surface area contributed by atoms with E-state index in [1.807, 2.05) is 0 Å². The molecule has 0 spiro atoms. The fraction of sp³-hybridized carbons (Fsp3) is 1.00. The Labute approximate surface area is 135 Å². The smallest absolute Gasteiger partial charge is 1.00 e. The number of hydrogen-bond donors (Lipinski definition) is 3. The van der Waals surface area contributed by atoms with Crippen molar-refractivity contribution in [2.75, 3.05) is 39.3 Å². The molecule has 1 fully saturated rings. The van der Waals surface area contributed by atoms with Crippen molar-refractivity contribution >= 4 is 0 Å². The van der Waals surface area contributed by atoms with Gasteiger partial charge in [-0.25, -0.2) is 0 Å². The van der Waals surface area contributed by atoms with Crippen LogP contribution in [0, 0.1) is 0 Å². The van der Waals surface area contributed by atoms with Crippen LogP contribution in [-0.4, -0.2) is 39.3 Å². The quantitative estimate of drug-likeness (QED) is 0.355. The molecular formula is C9H23N3Na2. The zero-order chi connectivity index (χ0) is 8.49. The number of hydrogen-bond acceptors (Lipinski definition) is 3. The van der Waals surface area contributed by atoms with Crippen molar-refractivity contribution < 1.29 is 62.0 Å². The van der Waals surface area contributed by atoms with Crippen molar-refractivity contribution in [2.24, 2.45) is 0 Å². The summed E-state index contributed by atoms with van der Waals surface area (Å²) in [6.07, 6.45) is 3.77. The zero-order valence-corrected chi connectivity index (χ0v) is 13.9. The molecule has 0 aromatic carbocycles. The first kappa shape index (κ1) is 18.3. The molecule has 3 nitrogen and oxygen atoms in total. The summed E-state index contributed by atoms with van der Waals surface area (Å²) in [7, 11) is 0. The van der Waals surface area contributed by atoms with Crippen molar-refractivity contribution in [1.82, 2.24) is 16.0 Å². The third-order valence-corrected chi connectivity index (χ3v) is 2.12. The summed E-state index contributed by atoms with van der Waals surface area (Å²) < 4.78 is 0. The van der Waals surface area contributed by atoms with Gasteiger partial charge >= 0.3 is 59.1 Å². The van der Waals surface area contributed by atoms with E-state index >= 15 is 0 Å². The van der Waals surface area contributed by atoms with Crippen molar-refractivity contribution in [1.29, 1.82) is 0 Å². The van der Waals surface area contributed by atoms with Gasteiger partial charge in [0.15, 0.2) is 0 Å². The standard InChI is InChI=1S/C9H21N3.2Na.2H/c1-4-10-6-2-8-12-9-3-7-11-5-1;;;;/h10-12H,1-9H2;;;;/q;2*+1;2*-1. The summed E-state index contributed by atoms with van der Waals surface area (Å²) in [5.41, 5.74) is 0. The fourth-order valence-corrected chi connectivity index (χ4v) is 1.39. The third kappa shape index (κ3) is 12.0. The van der Waals surface area contributed by atoms with E-state index in [-0.39, 0.29) is 62.0 Å². The van der Waals surface area contributed by atoms with E-state index in [0.717, 1.165) is 39.3 Å². The second-order valence-electron chi connectivity index (χ2n) is 3.31. The molecule has 5 heteroatoms. The van der Waals surface area contributed by atoms with Gasteiger partial charge in [0.05, 0.1) is 0 Å². The largest absolute Gasteiger partial charge is 1.00 e. The Hall–Kier alpha value is 1.88. The molecule has 0 bridgehead atoms. The van der Waals surface area contributed by atoms with E-state index in [0.29, 0.717) is 0 Å². The molecule has 0 unspecified atom stereocenters. The Morgan fingerprint density at radius 3 is 0.929 bits per heavy atom. The molecule has 0 aromatic heterocycles. The molecule has 1 saturated heterocycles. The predicted octanol–water partition coefficient (Wildman–Crippen LogP) is -5.83. The van der Waals surface area contributed by atoms with Crippen LogP contribution in [0.3, 0.4) is 0 Å². The van der Waals surface area contributed by atoms with Gasteiger partial charge in [-0.3, -0.25) is 0 Å². The molecular weight excluding hydrogens is 196 g/mol. The number of nitrogens with one attached hydrogen (secondary N) is 3. The minimum absolute atomic E-state index is 0. The summed E-state index contributed by atoms with van der Waals surface area (Å²) in [4.78, 5) is 0. The average Bonchev–Trinajstić information content (AvgIpc) is 2.05. The maximum Gasteiger partial charge on any atom is 1.00 e. The molecule has 0 atom stereocenters. The van der Waals surface area contributed by atoms with Crippen molar-refractivity contribution in [3.05, 3.63) is 0 Å². The Morgan fingerprint density at radius 2 is 0.714 bits per heavy atom. The average molecular weight is 219 g/mol. The van der Waals surface area contributed by atoms with E-state index in [9.17, 15) is 0 Å². The minimum atomic E-state index is 0. The first-order valence-electron chi connectivity index (χ1n) is 5.12. The van der Waals surface area contributed by atoms with Crippen LogP contribution in [-0.2, 0) is 0 Å². The van der Waals surface area contributed by atoms with E-state index in [1.54, 1.807) is 0 Å². The monoisotopic (exact) mass is 219 g/mol. The molecule has 1 rings (SSSR count). The molecule has 0 radical (unpaired) electrons. The van der Waals surface area contributed by atoms with Crippen molar-refractivity contribution in [2.45, 2.75) is 19.3 Å². The normalized spacial score (nSPS) is 20.6. The van der Waals surface area contributed by atoms with Gasteiger partial charge in [-0.2, -0.15) is 0 Å². The minimum Gasteiger partial charge on any atom is -1.00 e. The predicted molar refractivity (Wildman–Crippen MR) is 54.7 cm³/mol. The van der Waals surface area contributed by atoms with Crippen LogP contribution >= 0.6 is 0 Å². The van der Waals surface area contributed by atoms with Gasteiger partial charge in [-0.05, 0) is 58.5 Å². The van der Waals surface area contributed by atoms with Crippen molar-refractivity contribution in [3.63, 3.8) is 0 Å². The van der Waals surface area contributed by atoms with E-state index in [1.165, 1.54) is 19.3 Å². The van der Waals surface area contributed by atoms with Gasteiger partial charge in [0.1, 0.15) is 0 Å². The second-order valence-corrected chi connectivity index (χ2v) is 3.31. The van der Waals surface area contributed by atoms with Crippen LogP contribution in [0.4, 0.5) is 0 Å². The van der Waals surface area contributed by atoms with Crippen LogP contribution in [0.25, 0.3) is 0 Å². The Morgan fingerprint density at radius 1 is 0.500 bits per heavy atom. The Kier molecular flexibility index (Phi) is 19.4. The molecule has 0 aromatic rings. The third-order valence-electron chi connectivity index (χ3n) is 2.12. The second kappa shape index (κ2) is 14.9. The van der Waals surface area contributed by atoms with Gasteiger partial charge in [-0.15, -0.1) is 0 Å². The summed E-state index contributed by atoms with van der Waals surface area (Å²) >= 11 is 0. The molecule has 0 saturated carbocycles. The van der Waals surface area contributed by atoms with Gasteiger partial charge < -0.3 is 18.8 Å². The van der Waals surface area contributed by atoms with Crippen molar-refractivity contribution in [3.8, 4) is 0 Å². The maximum atomic E-state index is 3.42. The molecule has 1 heterocycles. The molecule has 1 aliphatic rings. The molecule has 3 N–H and O–H groups in total. The van der Waals surface area contributed by atoms with Gasteiger partial charge in [0.25, 0.3) is 0 Å². The topological polar surface area (TPSA) is 36.1 Å². The van der Waals surface area contributed by atoms with Gasteiger partial charge in [0, 0.05) is 0 Å². The van der Waals surface area contributed by atoms with E-state index < -0.39 is 0 Å². The van der Waals surface area contributed by atoms with Gasteiger partial charge in [-0.1, -0.05) is 0 Å². The summed E-state index contributed by atoms with van der Waals surface area (Å²) in [5, 5.41) is 10.3. The number of rotatable bonds is 0. The van der Waals surface area contributed by atoms with Gasteiger partial charge in [0.2, 0.25) is 0 Å². The fourth-order valence-electron chi connectivity index (χ4n) is 1.39. The molecule has 0 aliphatic carbocycles. The SMILES string of the molecule is C1CNCCCNCCCNC1.[H-].[H-].[Na+].[Na+]. The summed E-state index contributed by atoms with van der Waals surface area (Å²) in [6, 6.07) is 0. The first-order chi connectivity index (χ1) is 6.00.